The van der Waals surface area contributed by atoms with Crippen LogP contribution in [-0.4, -0.2) is 170 Å². The third-order valence-corrected chi connectivity index (χ3v) is 6.32. The van der Waals surface area contributed by atoms with Crippen LogP contribution in [0.25, 0.3) is 0 Å². The number of rotatable bonds is 8. The van der Waals surface area contributed by atoms with Crippen molar-refractivity contribution in [3.8, 4) is 0 Å². The molecule has 3 fully saturated rings. The minimum atomic E-state index is -1.91. The Labute approximate surface area is 199 Å². The molecule has 0 aliphatic carbocycles. The van der Waals surface area contributed by atoms with Gasteiger partial charge in [-0.15, -0.1) is 0 Å². The van der Waals surface area contributed by atoms with E-state index in [2.05, 4.69) is 0 Å². The van der Waals surface area contributed by atoms with Crippen molar-refractivity contribution in [1.82, 2.24) is 0 Å². The zero-order chi connectivity index (χ0) is 26.0. The quantitative estimate of drug-likeness (QED) is 0.143. The SMILES string of the molecule is CO[C@H]1[C@H](O)[C@H](O)[C@@H](OC[C@H]2O[C@@H](O)[C@@H](O)[C@@H](O[C@H]3O[C@H](CO)[C@@H](O)[C@H](O)[C@@H]3O)[C@@H]2O)O[C@@H]1CO. The van der Waals surface area contributed by atoms with Crippen molar-refractivity contribution in [2.45, 2.75) is 92.1 Å². The average Bonchev–Trinajstić information content (AvgIpc) is 2.85. The second-order valence-corrected chi connectivity index (χ2v) is 8.58. The predicted octanol–water partition coefficient (Wildman–Crippen LogP) is -6.92. The molecule has 0 unspecified atom stereocenters. The van der Waals surface area contributed by atoms with Gasteiger partial charge in [0.1, 0.15) is 73.2 Å². The molecule has 3 aliphatic rings. The van der Waals surface area contributed by atoms with Crippen molar-refractivity contribution in [3.05, 3.63) is 0 Å². The summed E-state index contributed by atoms with van der Waals surface area (Å²) in [5.74, 6) is 0. The molecule has 0 aromatic heterocycles. The third-order valence-electron chi connectivity index (χ3n) is 6.32. The van der Waals surface area contributed by atoms with Gasteiger partial charge in [-0.25, -0.2) is 0 Å². The molecule has 0 amide bonds. The van der Waals surface area contributed by atoms with Gasteiger partial charge in [0, 0.05) is 7.11 Å². The summed E-state index contributed by atoms with van der Waals surface area (Å²) in [5, 5.41) is 100. The summed E-state index contributed by atoms with van der Waals surface area (Å²) in [6, 6.07) is 0. The number of aliphatic hydroxyl groups is 10. The molecule has 16 nitrogen and oxygen atoms in total. The Balaban J connectivity index is 1.66. The second kappa shape index (κ2) is 12.3. The summed E-state index contributed by atoms with van der Waals surface area (Å²) < 4.78 is 31.5. The van der Waals surface area contributed by atoms with E-state index in [0.29, 0.717) is 0 Å². The molecule has 206 valence electrons. The van der Waals surface area contributed by atoms with E-state index in [0.717, 1.165) is 0 Å². The number of aliphatic hydroxyl groups excluding tert-OH is 10. The largest absolute Gasteiger partial charge is 0.394 e. The van der Waals surface area contributed by atoms with Gasteiger partial charge in [-0.1, -0.05) is 0 Å². The van der Waals surface area contributed by atoms with Gasteiger partial charge < -0.3 is 79.5 Å². The number of hydrogen-bond donors (Lipinski definition) is 10. The van der Waals surface area contributed by atoms with Crippen LogP contribution in [0.4, 0.5) is 0 Å². The Morgan fingerprint density at radius 3 is 1.77 bits per heavy atom. The maximum absolute atomic E-state index is 10.7. The molecule has 0 radical (unpaired) electrons. The summed E-state index contributed by atoms with van der Waals surface area (Å²) in [4.78, 5) is 0. The van der Waals surface area contributed by atoms with Gasteiger partial charge in [0.05, 0.1) is 19.8 Å². The standard InChI is InChI=1S/C19H34O16/c1-30-15-6(3-21)34-18(13(27)11(15)25)31-4-7-9(23)16(14(28)17(29)32-7)35-19-12(26)10(24)8(22)5(2-20)33-19/h5-29H,2-4H2,1H3/t5-,6-,7-,8-,9-,10+,11-,12+,13+,14+,15-,16+,17-,18+,19-/m1/s1. The number of ether oxygens (including phenoxy) is 6. The van der Waals surface area contributed by atoms with Gasteiger partial charge in [-0.3, -0.25) is 0 Å². The maximum Gasteiger partial charge on any atom is 0.187 e. The van der Waals surface area contributed by atoms with E-state index in [1.54, 1.807) is 0 Å². The fourth-order valence-electron chi connectivity index (χ4n) is 4.22. The van der Waals surface area contributed by atoms with Crippen molar-refractivity contribution >= 4 is 0 Å². The van der Waals surface area contributed by atoms with Crippen LogP contribution in [-0.2, 0) is 28.4 Å². The number of methoxy groups -OCH3 is 1. The average molecular weight is 518 g/mol. The van der Waals surface area contributed by atoms with Crippen molar-refractivity contribution in [3.63, 3.8) is 0 Å². The van der Waals surface area contributed by atoms with E-state index in [4.69, 9.17) is 28.4 Å². The fraction of sp³-hybridized carbons (Fsp3) is 1.00. The third kappa shape index (κ3) is 5.93. The van der Waals surface area contributed by atoms with Crippen molar-refractivity contribution in [1.29, 1.82) is 0 Å². The highest BCUT2D eigenvalue weighted by molar-refractivity contribution is 4.95. The van der Waals surface area contributed by atoms with E-state index < -0.39 is 112 Å². The molecule has 16 heteroatoms. The minimum Gasteiger partial charge on any atom is -0.394 e. The topological polar surface area (TPSA) is 258 Å². The zero-order valence-electron chi connectivity index (χ0n) is 18.7. The lowest BCUT2D eigenvalue weighted by Crippen LogP contribution is -2.65. The highest BCUT2D eigenvalue weighted by atomic mass is 16.7. The first-order valence-corrected chi connectivity index (χ1v) is 11.0. The van der Waals surface area contributed by atoms with Crippen molar-refractivity contribution < 1.29 is 79.5 Å². The molecule has 0 saturated carbocycles. The van der Waals surface area contributed by atoms with Crippen LogP contribution in [0.5, 0.6) is 0 Å². The van der Waals surface area contributed by atoms with Gasteiger partial charge in [0.2, 0.25) is 0 Å². The van der Waals surface area contributed by atoms with E-state index in [9.17, 15) is 51.1 Å². The zero-order valence-corrected chi connectivity index (χ0v) is 18.7. The summed E-state index contributed by atoms with van der Waals surface area (Å²) >= 11 is 0. The molecule has 0 bridgehead atoms. The molecule has 35 heavy (non-hydrogen) atoms. The van der Waals surface area contributed by atoms with Gasteiger partial charge in [-0.05, 0) is 0 Å². The Morgan fingerprint density at radius 2 is 1.17 bits per heavy atom. The highest BCUT2D eigenvalue weighted by Gasteiger charge is 2.51. The summed E-state index contributed by atoms with van der Waals surface area (Å²) in [6.07, 6.45) is -23.5. The van der Waals surface area contributed by atoms with E-state index in [1.807, 2.05) is 0 Å². The molecule has 3 aliphatic heterocycles. The lowest BCUT2D eigenvalue weighted by Gasteiger charge is -2.46. The van der Waals surface area contributed by atoms with E-state index in [-0.39, 0.29) is 0 Å². The van der Waals surface area contributed by atoms with Gasteiger partial charge in [0.15, 0.2) is 18.9 Å². The first kappa shape index (κ1) is 28.9. The molecule has 0 aromatic carbocycles. The molecule has 3 rings (SSSR count). The lowest BCUT2D eigenvalue weighted by molar-refractivity contribution is -0.362. The molecular weight excluding hydrogens is 484 g/mol. The Morgan fingerprint density at radius 1 is 0.571 bits per heavy atom. The van der Waals surface area contributed by atoms with Crippen LogP contribution >= 0.6 is 0 Å². The normalized spacial score (nSPS) is 51.3. The van der Waals surface area contributed by atoms with Crippen LogP contribution in [0.1, 0.15) is 0 Å². The van der Waals surface area contributed by atoms with Crippen LogP contribution in [0.2, 0.25) is 0 Å². The van der Waals surface area contributed by atoms with Crippen LogP contribution in [0.15, 0.2) is 0 Å². The molecule has 3 heterocycles. The molecule has 15 atom stereocenters. The fourth-order valence-corrected chi connectivity index (χ4v) is 4.22. The Hall–Kier alpha value is -0.640. The molecule has 10 N–H and O–H groups in total. The second-order valence-electron chi connectivity index (χ2n) is 8.58. The summed E-state index contributed by atoms with van der Waals surface area (Å²) in [5.41, 5.74) is 0. The number of hydrogen-bond acceptors (Lipinski definition) is 16. The minimum absolute atomic E-state index is 0.565. The van der Waals surface area contributed by atoms with Gasteiger partial charge in [-0.2, -0.15) is 0 Å². The highest BCUT2D eigenvalue weighted by Crippen LogP contribution is 2.30. The van der Waals surface area contributed by atoms with E-state index in [1.165, 1.54) is 7.11 Å². The monoisotopic (exact) mass is 518 g/mol. The van der Waals surface area contributed by atoms with Crippen LogP contribution in [0.3, 0.4) is 0 Å². The Kier molecular flexibility index (Phi) is 10.1. The summed E-state index contributed by atoms with van der Waals surface area (Å²) in [7, 11) is 1.25. The van der Waals surface area contributed by atoms with Crippen molar-refractivity contribution in [2.75, 3.05) is 26.9 Å². The molecule has 0 aromatic rings. The van der Waals surface area contributed by atoms with Crippen LogP contribution < -0.4 is 0 Å². The van der Waals surface area contributed by atoms with Gasteiger partial charge >= 0.3 is 0 Å². The lowest BCUT2D eigenvalue weighted by atomic mass is 9.97. The smallest absolute Gasteiger partial charge is 0.187 e. The molecule has 0 spiro atoms. The van der Waals surface area contributed by atoms with Crippen molar-refractivity contribution in [2.24, 2.45) is 0 Å². The summed E-state index contributed by atoms with van der Waals surface area (Å²) in [6.45, 7) is -1.87. The first-order chi connectivity index (χ1) is 16.5. The van der Waals surface area contributed by atoms with Gasteiger partial charge in [0.25, 0.3) is 0 Å². The Bertz CT molecular complexity index is 652. The van der Waals surface area contributed by atoms with Crippen LogP contribution in [0, 0.1) is 0 Å². The van der Waals surface area contributed by atoms with E-state index >= 15 is 0 Å². The first-order valence-electron chi connectivity index (χ1n) is 11.0. The molecular formula is C19H34O16. The predicted molar refractivity (Wildman–Crippen MR) is 106 cm³/mol. The maximum atomic E-state index is 10.7. The molecule has 3 saturated heterocycles.